The van der Waals surface area contributed by atoms with Crippen LogP contribution >= 0.6 is 15.9 Å². The zero-order chi connectivity index (χ0) is 16.1. The van der Waals surface area contributed by atoms with Gasteiger partial charge in [0.05, 0.1) is 11.7 Å². The number of aliphatic hydroxyl groups excluding tert-OH is 1. The van der Waals surface area contributed by atoms with Gasteiger partial charge >= 0.3 is 0 Å². The van der Waals surface area contributed by atoms with Gasteiger partial charge < -0.3 is 15.3 Å². The molecule has 1 atom stereocenters. The summed E-state index contributed by atoms with van der Waals surface area (Å²) in [5.74, 6) is -0.212. The molecule has 0 spiro atoms. The molecule has 2 N–H and O–H groups in total. The highest BCUT2D eigenvalue weighted by Crippen LogP contribution is 2.18. The van der Waals surface area contributed by atoms with E-state index >= 15 is 0 Å². The largest absolute Gasteiger partial charge is 0.387 e. The zero-order valence-corrected chi connectivity index (χ0v) is 14.2. The lowest BCUT2D eigenvalue weighted by Crippen LogP contribution is -2.28. The van der Waals surface area contributed by atoms with Crippen LogP contribution in [0.4, 0.5) is 5.69 Å². The maximum Gasteiger partial charge on any atom is 0.252 e. The number of benzene rings is 2. The molecule has 0 heterocycles. The van der Waals surface area contributed by atoms with Crippen molar-refractivity contribution < 1.29 is 9.90 Å². The molecule has 22 heavy (non-hydrogen) atoms. The minimum absolute atomic E-state index is 0.168. The number of anilines is 1. The molecule has 2 rings (SSSR count). The second-order valence-corrected chi connectivity index (χ2v) is 6.05. The fourth-order valence-corrected chi connectivity index (χ4v) is 2.51. The number of carbonyl (C=O) groups is 1. The lowest BCUT2D eigenvalue weighted by Gasteiger charge is -2.16. The van der Waals surface area contributed by atoms with Crippen LogP contribution in [0.1, 0.15) is 22.0 Å². The van der Waals surface area contributed by atoms with Crippen molar-refractivity contribution in [3.05, 3.63) is 64.1 Å². The third-order valence-corrected chi connectivity index (χ3v) is 4.06. The van der Waals surface area contributed by atoms with Crippen LogP contribution in [0.2, 0.25) is 0 Å². The standard InChI is InChI=1S/C17H19BrN2O2/c1-20(2)13-9-7-12(8-10-13)16(21)11-19-17(22)14-5-3-4-6-15(14)18/h3-10,16,21H,11H2,1-2H3,(H,19,22)/t16-/m0/s1. The molecule has 0 saturated heterocycles. The topological polar surface area (TPSA) is 52.6 Å². The summed E-state index contributed by atoms with van der Waals surface area (Å²) in [5.41, 5.74) is 2.39. The molecule has 0 unspecified atom stereocenters. The molecular weight excluding hydrogens is 344 g/mol. The molecule has 0 aliphatic carbocycles. The molecule has 0 aliphatic rings. The quantitative estimate of drug-likeness (QED) is 0.859. The van der Waals surface area contributed by atoms with Gasteiger partial charge in [0, 0.05) is 30.8 Å². The summed E-state index contributed by atoms with van der Waals surface area (Å²) in [6, 6.07) is 14.8. The van der Waals surface area contributed by atoms with Crippen molar-refractivity contribution in [2.24, 2.45) is 0 Å². The molecule has 0 fully saturated rings. The van der Waals surface area contributed by atoms with Crippen LogP contribution in [-0.2, 0) is 0 Å². The Labute approximate surface area is 138 Å². The first-order valence-corrected chi connectivity index (χ1v) is 7.76. The molecule has 5 heteroatoms. The second kappa shape index (κ2) is 7.42. The molecule has 0 saturated carbocycles. The number of carbonyl (C=O) groups excluding carboxylic acids is 1. The molecular formula is C17H19BrN2O2. The lowest BCUT2D eigenvalue weighted by molar-refractivity contribution is 0.0915. The number of halogens is 1. The van der Waals surface area contributed by atoms with Gasteiger partial charge in [0.15, 0.2) is 0 Å². The van der Waals surface area contributed by atoms with Crippen LogP contribution < -0.4 is 10.2 Å². The summed E-state index contributed by atoms with van der Waals surface area (Å²) in [6.07, 6.45) is -0.734. The smallest absolute Gasteiger partial charge is 0.252 e. The van der Waals surface area contributed by atoms with E-state index in [1.165, 1.54) is 0 Å². The Morgan fingerprint density at radius 1 is 1.18 bits per heavy atom. The van der Waals surface area contributed by atoms with E-state index in [1.54, 1.807) is 12.1 Å². The minimum atomic E-state index is -0.734. The Morgan fingerprint density at radius 2 is 1.82 bits per heavy atom. The molecule has 116 valence electrons. The Balaban J connectivity index is 1.96. The van der Waals surface area contributed by atoms with Gasteiger partial charge in [-0.15, -0.1) is 0 Å². The Morgan fingerprint density at radius 3 is 2.41 bits per heavy atom. The number of aliphatic hydroxyl groups is 1. The predicted octanol–water partition coefficient (Wildman–Crippen LogP) is 2.98. The van der Waals surface area contributed by atoms with Crippen molar-refractivity contribution in [3.8, 4) is 0 Å². The Kier molecular flexibility index (Phi) is 5.57. The molecule has 2 aromatic rings. The molecule has 4 nitrogen and oxygen atoms in total. The van der Waals surface area contributed by atoms with Crippen molar-refractivity contribution >= 4 is 27.5 Å². The van der Waals surface area contributed by atoms with Crippen molar-refractivity contribution in [1.29, 1.82) is 0 Å². The first kappa shape index (κ1) is 16.5. The number of hydrogen-bond donors (Lipinski definition) is 2. The SMILES string of the molecule is CN(C)c1ccc([C@@H](O)CNC(=O)c2ccccc2Br)cc1. The Hall–Kier alpha value is -1.85. The van der Waals surface area contributed by atoms with Gasteiger partial charge in [-0.25, -0.2) is 0 Å². The molecule has 0 radical (unpaired) electrons. The van der Waals surface area contributed by atoms with Crippen molar-refractivity contribution in [1.82, 2.24) is 5.32 Å². The second-order valence-electron chi connectivity index (χ2n) is 5.19. The van der Waals surface area contributed by atoms with Crippen LogP contribution in [0.5, 0.6) is 0 Å². The van der Waals surface area contributed by atoms with Crippen molar-refractivity contribution in [2.45, 2.75) is 6.10 Å². The van der Waals surface area contributed by atoms with Crippen LogP contribution in [0.3, 0.4) is 0 Å². The first-order valence-electron chi connectivity index (χ1n) is 6.97. The van der Waals surface area contributed by atoms with Crippen LogP contribution in [0.15, 0.2) is 53.0 Å². The third kappa shape index (κ3) is 4.08. The van der Waals surface area contributed by atoms with Gasteiger partial charge in [0.2, 0.25) is 0 Å². The van der Waals surface area contributed by atoms with Gasteiger partial charge in [-0.2, -0.15) is 0 Å². The number of rotatable bonds is 5. The lowest BCUT2D eigenvalue weighted by atomic mass is 10.1. The van der Waals surface area contributed by atoms with Gasteiger partial charge in [0.1, 0.15) is 0 Å². The molecule has 1 amide bonds. The van der Waals surface area contributed by atoms with Gasteiger partial charge in [0.25, 0.3) is 5.91 Å². The van der Waals surface area contributed by atoms with Crippen molar-refractivity contribution in [2.75, 3.05) is 25.5 Å². The maximum atomic E-state index is 12.1. The highest BCUT2D eigenvalue weighted by molar-refractivity contribution is 9.10. The summed E-state index contributed by atoms with van der Waals surface area (Å²) in [4.78, 5) is 14.1. The average molecular weight is 363 g/mol. The van der Waals surface area contributed by atoms with E-state index in [1.807, 2.05) is 55.4 Å². The minimum Gasteiger partial charge on any atom is -0.387 e. The predicted molar refractivity (Wildman–Crippen MR) is 92.2 cm³/mol. The third-order valence-electron chi connectivity index (χ3n) is 3.37. The van der Waals surface area contributed by atoms with E-state index in [0.717, 1.165) is 15.7 Å². The van der Waals surface area contributed by atoms with Crippen molar-refractivity contribution in [3.63, 3.8) is 0 Å². The summed E-state index contributed by atoms with van der Waals surface area (Å²) < 4.78 is 0.734. The fraction of sp³-hybridized carbons (Fsp3) is 0.235. The van der Waals surface area contributed by atoms with E-state index in [2.05, 4.69) is 21.2 Å². The monoisotopic (exact) mass is 362 g/mol. The van der Waals surface area contributed by atoms with E-state index in [9.17, 15) is 9.90 Å². The van der Waals surface area contributed by atoms with E-state index in [4.69, 9.17) is 0 Å². The number of amides is 1. The van der Waals surface area contributed by atoms with Crippen LogP contribution in [0.25, 0.3) is 0 Å². The number of hydrogen-bond acceptors (Lipinski definition) is 3. The molecule has 0 aromatic heterocycles. The van der Waals surface area contributed by atoms with E-state index in [0.29, 0.717) is 5.56 Å². The summed E-state index contributed by atoms with van der Waals surface area (Å²) in [7, 11) is 3.92. The summed E-state index contributed by atoms with van der Waals surface area (Å²) in [5, 5.41) is 12.9. The molecule has 0 aliphatic heterocycles. The highest BCUT2D eigenvalue weighted by atomic mass is 79.9. The van der Waals surface area contributed by atoms with Gasteiger partial charge in [-0.3, -0.25) is 4.79 Å². The van der Waals surface area contributed by atoms with Crippen LogP contribution in [-0.4, -0.2) is 31.7 Å². The average Bonchev–Trinajstić information content (AvgIpc) is 2.52. The summed E-state index contributed by atoms with van der Waals surface area (Å²) in [6.45, 7) is 0.168. The zero-order valence-electron chi connectivity index (χ0n) is 12.6. The van der Waals surface area contributed by atoms with Gasteiger partial charge in [-0.1, -0.05) is 24.3 Å². The van der Waals surface area contributed by atoms with Gasteiger partial charge in [-0.05, 0) is 45.8 Å². The molecule has 0 bridgehead atoms. The first-order chi connectivity index (χ1) is 10.5. The fourth-order valence-electron chi connectivity index (χ4n) is 2.04. The normalized spacial score (nSPS) is 11.8. The Bertz CT molecular complexity index is 641. The number of nitrogens with one attached hydrogen (secondary N) is 1. The molecule has 2 aromatic carbocycles. The van der Waals surface area contributed by atoms with Crippen LogP contribution in [0, 0.1) is 0 Å². The highest BCUT2D eigenvalue weighted by Gasteiger charge is 2.12. The van der Waals surface area contributed by atoms with E-state index in [-0.39, 0.29) is 12.5 Å². The number of nitrogens with zero attached hydrogens (tertiary/aromatic N) is 1. The maximum absolute atomic E-state index is 12.1. The van der Waals surface area contributed by atoms with E-state index < -0.39 is 6.10 Å². The summed E-state index contributed by atoms with van der Waals surface area (Å²) >= 11 is 3.34.